The third-order valence-electron chi connectivity index (χ3n) is 2.76. The molecule has 18 heavy (non-hydrogen) atoms. The van der Waals surface area contributed by atoms with Crippen LogP contribution < -0.4 is 0 Å². The van der Waals surface area contributed by atoms with Crippen LogP contribution in [0.15, 0.2) is 29.2 Å². The van der Waals surface area contributed by atoms with E-state index in [9.17, 15) is 21.6 Å². The molecule has 0 saturated carbocycles. The smallest absolute Gasteiger partial charge is 0.214 e. The minimum absolute atomic E-state index is 0.0402. The Kier molecular flexibility index (Phi) is 4.42. The summed E-state index contributed by atoms with van der Waals surface area (Å²) in [7, 11) is -5.25. The first kappa shape index (κ1) is 15.0. The summed E-state index contributed by atoms with van der Waals surface area (Å²) in [5.74, 6) is 0.0402. The van der Waals surface area contributed by atoms with Crippen LogP contribution in [-0.4, -0.2) is 13.9 Å². The molecular weight excluding hydrogens is 265 g/mol. The number of halogens is 3. The molecule has 1 aromatic rings. The molecule has 0 fully saturated rings. The zero-order valence-electron chi connectivity index (χ0n) is 10.2. The largest absolute Gasteiger partial charge is 0.501 e. The summed E-state index contributed by atoms with van der Waals surface area (Å²) in [5, 5.41) is 0. The van der Waals surface area contributed by atoms with E-state index in [1.165, 1.54) is 6.07 Å². The molecule has 102 valence electrons. The van der Waals surface area contributed by atoms with Crippen LogP contribution in [0.25, 0.3) is 0 Å². The van der Waals surface area contributed by atoms with E-state index in [1.807, 2.05) is 13.8 Å². The van der Waals surface area contributed by atoms with Gasteiger partial charge in [0.2, 0.25) is 0 Å². The third-order valence-corrected chi connectivity index (χ3v) is 4.25. The van der Waals surface area contributed by atoms with Gasteiger partial charge in [-0.05, 0) is 30.0 Å². The van der Waals surface area contributed by atoms with E-state index in [0.29, 0.717) is 5.56 Å². The molecule has 2 nitrogen and oxygen atoms in total. The number of sulfone groups is 1. The Morgan fingerprint density at radius 3 is 2.39 bits per heavy atom. The summed E-state index contributed by atoms with van der Waals surface area (Å²) in [5.41, 5.74) is -4.64. The highest BCUT2D eigenvalue weighted by Crippen LogP contribution is 2.32. The topological polar surface area (TPSA) is 34.1 Å². The van der Waals surface area contributed by atoms with Gasteiger partial charge in [-0.3, -0.25) is 0 Å². The first-order valence-corrected chi connectivity index (χ1v) is 7.09. The lowest BCUT2D eigenvalue weighted by Gasteiger charge is -2.13. The fraction of sp³-hybridized carbons (Fsp3) is 0.500. The second kappa shape index (κ2) is 5.30. The molecule has 0 aliphatic rings. The summed E-state index contributed by atoms with van der Waals surface area (Å²) in [4.78, 5) is -0.685. The van der Waals surface area contributed by atoms with E-state index in [2.05, 4.69) is 0 Å². The van der Waals surface area contributed by atoms with Crippen molar-refractivity contribution in [3.63, 3.8) is 0 Å². The van der Waals surface area contributed by atoms with Crippen LogP contribution in [0.4, 0.5) is 13.2 Å². The SMILES string of the molecule is CCCC(C)c1cccc(S(=O)(=O)C(F)(F)F)c1. The minimum atomic E-state index is -5.25. The Morgan fingerprint density at radius 2 is 1.89 bits per heavy atom. The molecule has 1 atom stereocenters. The van der Waals surface area contributed by atoms with Crippen molar-refractivity contribution >= 4 is 9.84 Å². The van der Waals surface area contributed by atoms with Gasteiger partial charge in [-0.15, -0.1) is 0 Å². The maximum Gasteiger partial charge on any atom is 0.501 e. The molecule has 0 aliphatic carbocycles. The third kappa shape index (κ3) is 3.04. The normalized spacial score (nSPS) is 14.5. The predicted molar refractivity (Wildman–Crippen MR) is 63.0 cm³/mol. The van der Waals surface area contributed by atoms with Gasteiger partial charge < -0.3 is 0 Å². The highest BCUT2D eigenvalue weighted by atomic mass is 32.2. The van der Waals surface area contributed by atoms with Gasteiger partial charge in [-0.1, -0.05) is 32.4 Å². The van der Waals surface area contributed by atoms with Crippen LogP contribution in [-0.2, 0) is 9.84 Å². The van der Waals surface area contributed by atoms with E-state index in [4.69, 9.17) is 0 Å². The summed E-state index contributed by atoms with van der Waals surface area (Å²) in [6, 6.07) is 5.09. The van der Waals surface area contributed by atoms with E-state index in [1.54, 1.807) is 6.07 Å². The fourth-order valence-electron chi connectivity index (χ4n) is 1.72. The average Bonchev–Trinajstić information content (AvgIpc) is 2.28. The molecule has 0 heterocycles. The Morgan fingerprint density at radius 1 is 1.28 bits per heavy atom. The van der Waals surface area contributed by atoms with Crippen molar-refractivity contribution in [2.75, 3.05) is 0 Å². The van der Waals surface area contributed by atoms with Crippen LogP contribution in [0.3, 0.4) is 0 Å². The van der Waals surface area contributed by atoms with Gasteiger partial charge in [-0.25, -0.2) is 8.42 Å². The summed E-state index contributed by atoms with van der Waals surface area (Å²) >= 11 is 0. The number of benzene rings is 1. The van der Waals surface area contributed by atoms with Crippen molar-refractivity contribution in [1.82, 2.24) is 0 Å². The number of hydrogen-bond donors (Lipinski definition) is 0. The first-order chi connectivity index (χ1) is 8.20. The zero-order valence-corrected chi connectivity index (χ0v) is 11.0. The number of alkyl halides is 3. The van der Waals surface area contributed by atoms with Crippen molar-refractivity contribution in [3.05, 3.63) is 29.8 Å². The Labute approximate surface area is 105 Å². The summed E-state index contributed by atoms with van der Waals surface area (Å²) in [6.45, 7) is 3.83. The Bertz CT molecular complexity index is 506. The van der Waals surface area contributed by atoms with Crippen LogP contribution in [0.1, 0.15) is 38.2 Å². The zero-order chi connectivity index (χ0) is 14.0. The van der Waals surface area contributed by atoms with Gasteiger partial charge in [0, 0.05) is 0 Å². The number of hydrogen-bond acceptors (Lipinski definition) is 2. The van der Waals surface area contributed by atoms with Gasteiger partial charge in [0.15, 0.2) is 0 Å². The Hall–Kier alpha value is -1.04. The van der Waals surface area contributed by atoms with Crippen molar-refractivity contribution in [3.8, 4) is 0 Å². The molecular formula is C12H15F3O2S. The number of rotatable bonds is 4. The lowest BCUT2D eigenvalue weighted by atomic mass is 9.97. The van der Waals surface area contributed by atoms with Crippen molar-refractivity contribution < 1.29 is 21.6 Å². The molecule has 0 spiro atoms. The van der Waals surface area contributed by atoms with E-state index in [-0.39, 0.29) is 5.92 Å². The van der Waals surface area contributed by atoms with Gasteiger partial charge in [0.1, 0.15) is 0 Å². The van der Waals surface area contributed by atoms with Crippen LogP contribution in [0, 0.1) is 0 Å². The summed E-state index contributed by atoms with van der Waals surface area (Å²) < 4.78 is 59.8. The van der Waals surface area contributed by atoms with Crippen LogP contribution in [0.5, 0.6) is 0 Å². The lowest BCUT2D eigenvalue weighted by Crippen LogP contribution is -2.23. The molecule has 0 N–H and O–H groups in total. The van der Waals surface area contributed by atoms with Crippen molar-refractivity contribution in [2.45, 2.75) is 43.0 Å². The minimum Gasteiger partial charge on any atom is -0.214 e. The highest BCUT2D eigenvalue weighted by Gasteiger charge is 2.46. The van der Waals surface area contributed by atoms with Gasteiger partial charge in [0.05, 0.1) is 4.90 Å². The van der Waals surface area contributed by atoms with Crippen LogP contribution >= 0.6 is 0 Å². The molecule has 0 aliphatic heterocycles. The summed E-state index contributed by atoms with van der Waals surface area (Å²) in [6.07, 6.45) is 1.69. The molecule has 1 aromatic carbocycles. The second-order valence-electron chi connectivity index (χ2n) is 4.21. The van der Waals surface area contributed by atoms with E-state index < -0.39 is 20.2 Å². The molecule has 0 bridgehead atoms. The highest BCUT2D eigenvalue weighted by molar-refractivity contribution is 7.92. The molecule has 0 aromatic heterocycles. The average molecular weight is 280 g/mol. The first-order valence-electron chi connectivity index (χ1n) is 5.61. The van der Waals surface area contributed by atoms with Crippen LogP contribution in [0.2, 0.25) is 0 Å². The second-order valence-corrected chi connectivity index (χ2v) is 6.15. The predicted octanol–water partition coefficient (Wildman–Crippen LogP) is 3.88. The molecule has 1 rings (SSSR count). The maximum atomic E-state index is 12.4. The standard InChI is InChI=1S/C12H15F3O2S/c1-3-5-9(2)10-6-4-7-11(8-10)18(16,17)12(13,14)15/h4,6-9H,3,5H2,1-2H3. The monoisotopic (exact) mass is 280 g/mol. The maximum absolute atomic E-state index is 12.4. The molecule has 0 saturated heterocycles. The quantitative estimate of drug-likeness (QED) is 0.838. The fourth-order valence-corrected chi connectivity index (χ4v) is 2.54. The van der Waals surface area contributed by atoms with Crippen molar-refractivity contribution in [1.29, 1.82) is 0 Å². The van der Waals surface area contributed by atoms with Gasteiger partial charge >= 0.3 is 5.51 Å². The van der Waals surface area contributed by atoms with E-state index >= 15 is 0 Å². The Balaban J connectivity index is 3.18. The van der Waals surface area contributed by atoms with Crippen molar-refractivity contribution in [2.24, 2.45) is 0 Å². The van der Waals surface area contributed by atoms with Gasteiger partial charge in [0.25, 0.3) is 9.84 Å². The van der Waals surface area contributed by atoms with Gasteiger partial charge in [-0.2, -0.15) is 13.2 Å². The van der Waals surface area contributed by atoms with E-state index in [0.717, 1.165) is 25.0 Å². The molecule has 6 heteroatoms. The molecule has 1 unspecified atom stereocenters. The lowest BCUT2D eigenvalue weighted by molar-refractivity contribution is -0.0436. The molecule has 0 amide bonds. The molecule has 0 radical (unpaired) electrons.